The minimum Gasteiger partial charge on any atom is -0.351 e. The molecule has 0 radical (unpaired) electrons. The molecule has 13 heteroatoms. The van der Waals surface area contributed by atoms with Crippen molar-refractivity contribution >= 4 is 22.6 Å². The van der Waals surface area contributed by atoms with Gasteiger partial charge in [-0.25, -0.2) is 14.5 Å². The quantitative estimate of drug-likeness (QED) is 0.376. The summed E-state index contributed by atoms with van der Waals surface area (Å²) >= 11 is 0. The normalized spacial score (nSPS) is 13.4. The Morgan fingerprint density at radius 3 is 2.56 bits per heavy atom. The van der Waals surface area contributed by atoms with Gasteiger partial charge in [-0.2, -0.15) is 18.3 Å². The van der Waals surface area contributed by atoms with Gasteiger partial charge in [-0.15, -0.1) is 0 Å². The van der Waals surface area contributed by atoms with Gasteiger partial charge in [-0.3, -0.25) is 14.4 Å². The fourth-order valence-electron chi connectivity index (χ4n) is 4.70. The maximum absolute atomic E-state index is 14.8. The molecule has 39 heavy (non-hydrogen) atoms. The zero-order valence-electron chi connectivity index (χ0n) is 20.6. The summed E-state index contributed by atoms with van der Waals surface area (Å²) < 4.78 is 56.5. The highest BCUT2D eigenvalue weighted by molar-refractivity contribution is 5.96. The van der Waals surface area contributed by atoms with E-state index in [9.17, 15) is 31.9 Å². The van der Waals surface area contributed by atoms with Crippen molar-refractivity contribution < 1.29 is 27.2 Å². The van der Waals surface area contributed by atoms with Gasteiger partial charge in [0.25, 0.3) is 17.4 Å². The summed E-state index contributed by atoms with van der Waals surface area (Å²) in [5.41, 5.74) is -0.0726. The van der Waals surface area contributed by atoms with E-state index in [-0.39, 0.29) is 49.4 Å². The van der Waals surface area contributed by atoms with Crippen molar-refractivity contribution in [1.82, 2.24) is 30.0 Å². The lowest BCUT2D eigenvalue weighted by Gasteiger charge is -2.30. The zero-order chi connectivity index (χ0) is 27.9. The van der Waals surface area contributed by atoms with Crippen LogP contribution >= 0.6 is 0 Å². The van der Waals surface area contributed by atoms with E-state index >= 15 is 0 Å². The number of halogens is 4. The summed E-state index contributed by atoms with van der Waals surface area (Å²) in [6, 6.07) is 10.8. The number of nitrogens with zero attached hydrogens (tertiary/aromatic N) is 4. The van der Waals surface area contributed by atoms with Gasteiger partial charge in [0.15, 0.2) is 5.69 Å². The minimum absolute atomic E-state index is 0.0756. The first-order chi connectivity index (χ1) is 18.6. The first kappa shape index (κ1) is 26.1. The fourth-order valence-corrected chi connectivity index (χ4v) is 4.70. The number of hydrogen-bond acceptors (Lipinski definition) is 5. The number of hydrogen-bond donors (Lipinski definition) is 2. The number of imidazole rings is 1. The maximum Gasteiger partial charge on any atom is 0.449 e. The van der Waals surface area contributed by atoms with Gasteiger partial charge >= 0.3 is 6.18 Å². The van der Waals surface area contributed by atoms with Crippen LogP contribution in [0, 0.1) is 5.82 Å². The molecule has 4 aromatic rings. The average molecular weight is 542 g/mol. The van der Waals surface area contributed by atoms with Crippen molar-refractivity contribution in [3.8, 4) is 0 Å². The first-order valence-corrected chi connectivity index (χ1v) is 12.1. The first-order valence-electron chi connectivity index (χ1n) is 12.1. The van der Waals surface area contributed by atoms with Crippen LogP contribution in [0.1, 0.15) is 50.5 Å². The second-order valence-electron chi connectivity index (χ2n) is 9.00. The van der Waals surface area contributed by atoms with Crippen LogP contribution in [0.3, 0.4) is 0 Å². The summed E-state index contributed by atoms with van der Waals surface area (Å²) in [6.07, 6.45) is -4.62. The molecule has 0 atom stereocenters. The standard InChI is InChI=1S/C26H22F4N6O3/c1-2-31-23(38)21-20-13-35(9-10-36(20)25(32-21)26(28,29)30)24(39)17-11-14(7-8-18(17)27)12-19-15-5-3-4-6-16(15)22(37)34-33-19/h3-8,11H,2,9-10,12-13H2,1H3,(H,31,38)(H,34,37). The third-order valence-corrected chi connectivity index (χ3v) is 6.51. The molecule has 0 saturated heterocycles. The van der Waals surface area contributed by atoms with E-state index in [1.807, 2.05) is 0 Å². The van der Waals surface area contributed by atoms with Gasteiger partial charge in [0.05, 0.1) is 28.9 Å². The van der Waals surface area contributed by atoms with Gasteiger partial charge < -0.3 is 14.8 Å². The van der Waals surface area contributed by atoms with Crippen LogP contribution in [0.2, 0.25) is 0 Å². The lowest BCUT2D eigenvalue weighted by atomic mass is 10.0. The van der Waals surface area contributed by atoms with Crippen LogP contribution in [-0.2, 0) is 25.7 Å². The molecule has 2 aromatic heterocycles. The van der Waals surface area contributed by atoms with Gasteiger partial charge in [-0.1, -0.05) is 24.3 Å². The SMILES string of the molecule is CCNC(=O)c1nc(C(F)(F)F)n2c1CN(C(=O)c1cc(Cc3n[nH]c(=O)c4ccccc34)ccc1F)CC2. The van der Waals surface area contributed by atoms with E-state index in [1.165, 1.54) is 17.0 Å². The highest BCUT2D eigenvalue weighted by atomic mass is 19.4. The maximum atomic E-state index is 14.8. The van der Waals surface area contributed by atoms with Crippen molar-refractivity contribution in [2.24, 2.45) is 0 Å². The summed E-state index contributed by atoms with van der Waals surface area (Å²) in [4.78, 5) is 42.6. The molecular formula is C26H22F4N6O3. The number of H-pyrrole nitrogens is 1. The zero-order valence-corrected chi connectivity index (χ0v) is 20.6. The van der Waals surface area contributed by atoms with Crippen LogP contribution in [0.25, 0.3) is 10.8 Å². The van der Waals surface area contributed by atoms with E-state index in [2.05, 4.69) is 20.5 Å². The summed E-state index contributed by atoms with van der Waals surface area (Å²) in [6.45, 7) is 1.02. The Morgan fingerprint density at radius 1 is 1.10 bits per heavy atom. The van der Waals surface area contributed by atoms with Crippen molar-refractivity contribution in [3.63, 3.8) is 0 Å². The fraction of sp³-hybridized carbons (Fsp3) is 0.269. The second-order valence-corrected chi connectivity index (χ2v) is 9.00. The molecule has 0 bridgehead atoms. The molecule has 2 aromatic carbocycles. The predicted molar refractivity (Wildman–Crippen MR) is 132 cm³/mol. The Morgan fingerprint density at radius 2 is 1.85 bits per heavy atom. The van der Waals surface area contributed by atoms with Gasteiger partial charge in [-0.05, 0) is 30.7 Å². The molecule has 2 amide bonds. The number of rotatable bonds is 5. The van der Waals surface area contributed by atoms with Gasteiger partial charge in [0.2, 0.25) is 5.82 Å². The Bertz CT molecular complexity index is 1660. The van der Waals surface area contributed by atoms with Crippen LogP contribution in [0.4, 0.5) is 17.6 Å². The van der Waals surface area contributed by atoms with E-state index in [0.717, 1.165) is 10.6 Å². The van der Waals surface area contributed by atoms with E-state index in [0.29, 0.717) is 22.0 Å². The molecule has 202 valence electrons. The Kier molecular flexibility index (Phi) is 6.66. The number of carbonyl (C=O) groups excluding carboxylic acids is 2. The number of alkyl halides is 3. The van der Waals surface area contributed by atoms with Crippen molar-refractivity contribution in [1.29, 1.82) is 0 Å². The van der Waals surface area contributed by atoms with E-state index in [1.54, 1.807) is 31.2 Å². The van der Waals surface area contributed by atoms with Crippen molar-refractivity contribution in [3.05, 3.63) is 92.7 Å². The number of benzene rings is 2. The van der Waals surface area contributed by atoms with Gasteiger partial charge in [0, 0.05) is 31.4 Å². The van der Waals surface area contributed by atoms with E-state index in [4.69, 9.17) is 0 Å². The summed E-state index contributed by atoms with van der Waals surface area (Å²) in [7, 11) is 0. The monoisotopic (exact) mass is 542 g/mol. The molecule has 0 aliphatic carbocycles. The number of amides is 2. The molecule has 1 aliphatic heterocycles. The molecule has 1 aliphatic rings. The number of fused-ring (bicyclic) bond motifs is 2. The largest absolute Gasteiger partial charge is 0.449 e. The molecule has 3 heterocycles. The lowest BCUT2D eigenvalue weighted by molar-refractivity contribution is -0.147. The second kappa shape index (κ2) is 9.97. The van der Waals surface area contributed by atoms with Crippen molar-refractivity contribution in [2.45, 2.75) is 32.6 Å². The lowest BCUT2D eigenvalue weighted by Crippen LogP contribution is -2.40. The Balaban J connectivity index is 1.46. The number of nitrogens with one attached hydrogen (secondary N) is 2. The highest BCUT2D eigenvalue weighted by Gasteiger charge is 2.41. The summed E-state index contributed by atoms with van der Waals surface area (Å²) in [5, 5.41) is 10.0. The van der Waals surface area contributed by atoms with Crippen molar-refractivity contribution in [2.75, 3.05) is 13.1 Å². The van der Waals surface area contributed by atoms with Crippen LogP contribution in [0.5, 0.6) is 0 Å². The van der Waals surface area contributed by atoms with E-state index < -0.39 is 35.3 Å². The molecular weight excluding hydrogens is 520 g/mol. The van der Waals surface area contributed by atoms with Gasteiger partial charge in [0.1, 0.15) is 5.82 Å². The molecule has 2 N–H and O–H groups in total. The van der Waals surface area contributed by atoms with Crippen LogP contribution in [0.15, 0.2) is 47.3 Å². The average Bonchev–Trinajstić information content (AvgIpc) is 3.31. The number of carbonyl (C=O) groups is 2. The molecule has 5 rings (SSSR count). The third kappa shape index (κ3) is 4.87. The molecule has 0 saturated carbocycles. The topological polar surface area (TPSA) is 113 Å². The molecule has 0 unspecified atom stereocenters. The molecule has 0 fully saturated rings. The Hall–Kier alpha value is -4.55. The molecule has 0 spiro atoms. The third-order valence-electron chi connectivity index (χ3n) is 6.51. The predicted octanol–water partition coefficient (Wildman–Crippen LogP) is 3.27. The minimum atomic E-state index is -4.80. The van der Waals surface area contributed by atoms with Crippen LogP contribution < -0.4 is 10.9 Å². The smallest absolute Gasteiger partial charge is 0.351 e. The Labute approximate surface area is 218 Å². The number of aromatic nitrogens is 4. The highest BCUT2D eigenvalue weighted by Crippen LogP contribution is 2.33. The number of aromatic amines is 1. The molecule has 9 nitrogen and oxygen atoms in total. The summed E-state index contributed by atoms with van der Waals surface area (Å²) in [5.74, 6) is -3.56. The van der Waals surface area contributed by atoms with Crippen LogP contribution in [-0.4, -0.2) is 49.6 Å².